The summed E-state index contributed by atoms with van der Waals surface area (Å²) in [6, 6.07) is 15.2. The molecule has 0 saturated heterocycles. The molecule has 0 amide bonds. The minimum Gasteiger partial charge on any atom is -0.354 e. The Morgan fingerprint density at radius 2 is 1.83 bits per heavy atom. The standard InChI is InChI=1S/C16H16IN/c1-11(17)9-10-12-5-4-7-14-13-6-2-3-8-15(13)18-16(12)14/h2-8,11,18H,9-10H2,1H3. The number of H-pyrrole nitrogens is 1. The molecule has 1 unspecified atom stereocenters. The lowest BCUT2D eigenvalue weighted by atomic mass is 10.0. The van der Waals surface area contributed by atoms with Gasteiger partial charge in [-0.3, -0.25) is 0 Å². The third-order valence-electron chi connectivity index (χ3n) is 3.44. The number of hydrogen-bond donors (Lipinski definition) is 1. The van der Waals surface area contributed by atoms with Gasteiger partial charge in [0.05, 0.1) is 0 Å². The second-order valence-electron chi connectivity index (χ2n) is 4.83. The number of aromatic nitrogens is 1. The molecule has 2 heteroatoms. The van der Waals surface area contributed by atoms with Crippen LogP contribution in [0.15, 0.2) is 42.5 Å². The van der Waals surface area contributed by atoms with Gasteiger partial charge in [-0.2, -0.15) is 0 Å². The third kappa shape index (κ3) is 2.14. The molecule has 3 aromatic rings. The van der Waals surface area contributed by atoms with Gasteiger partial charge < -0.3 is 4.98 Å². The minimum atomic E-state index is 0.724. The molecule has 18 heavy (non-hydrogen) atoms. The summed E-state index contributed by atoms with van der Waals surface area (Å²) in [7, 11) is 0. The van der Waals surface area contributed by atoms with Crippen LogP contribution in [0.25, 0.3) is 21.8 Å². The van der Waals surface area contributed by atoms with Crippen LogP contribution in [-0.2, 0) is 6.42 Å². The fraction of sp³-hybridized carbons (Fsp3) is 0.250. The van der Waals surface area contributed by atoms with Gasteiger partial charge >= 0.3 is 0 Å². The quantitative estimate of drug-likeness (QED) is 0.502. The molecule has 1 N–H and O–H groups in total. The van der Waals surface area contributed by atoms with E-state index >= 15 is 0 Å². The molecule has 1 aromatic heterocycles. The summed E-state index contributed by atoms with van der Waals surface area (Å²) >= 11 is 2.50. The molecule has 1 heterocycles. The number of halogens is 1. The largest absolute Gasteiger partial charge is 0.354 e. The average molecular weight is 349 g/mol. The van der Waals surface area contributed by atoms with Gasteiger partial charge in [-0.1, -0.05) is 65.9 Å². The highest BCUT2D eigenvalue weighted by Gasteiger charge is 2.07. The lowest BCUT2D eigenvalue weighted by Gasteiger charge is -2.05. The number of alkyl halides is 1. The van der Waals surface area contributed by atoms with Gasteiger partial charge in [0.2, 0.25) is 0 Å². The van der Waals surface area contributed by atoms with Crippen LogP contribution in [0.1, 0.15) is 18.9 Å². The summed E-state index contributed by atoms with van der Waals surface area (Å²) in [6.45, 7) is 2.27. The zero-order valence-electron chi connectivity index (χ0n) is 10.4. The molecule has 3 rings (SSSR count). The fourth-order valence-corrected chi connectivity index (χ4v) is 2.81. The fourth-order valence-electron chi connectivity index (χ4n) is 2.50. The number of rotatable bonds is 3. The van der Waals surface area contributed by atoms with E-state index in [1.807, 2.05) is 0 Å². The number of aryl methyl sites for hydroxylation is 1. The Morgan fingerprint density at radius 1 is 1.06 bits per heavy atom. The number of para-hydroxylation sites is 2. The van der Waals surface area contributed by atoms with Crippen LogP contribution < -0.4 is 0 Å². The van der Waals surface area contributed by atoms with Gasteiger partial charge in [0.15, 0.2) is 0 Å². The molecule has 0 bridgehead atoms. The molecule has 2 aromatic carbocycles. The van der Waals surface area contributed by atoms with E-state index < -0.39 is 0 Å². The van der Waals surface area contributed by atoms with Gasteiger partial charge in [-0.25, -0.2) is 0 Å². The van der Waals surface area contributed by atoms with E-state index in [0.29, 0.717) is 0 Å². The van der Waals surface area contributed by atoms with Crippen molar-refractivity contribution in [1.82, 2.24) is 4.98 Å². The molecule has 0 fully saturated rings. The van der Waals surface area contributed by atoms with E-state index in [2.05, 4.69) is 77.0 Å². The maximum absolute atomic E-state index is 3.57. The Kier molecular flexibility index (Phi) is 3.29. The highest BCUT2D eigenvalue weighted by molar-refractivity contribution is 14.1. The molecule has 92 valence electrons. The summed E-state index contributed by atoms with van der Waals surface area (Å²) in [5.74, 6) is 0. The molecule has 0 aliphatic carbocycles. The predicted octanol–water partition coefficient (Wildman–Crippen LogP) is 5.08. The SMILES string of the molecule is CC(I)CCc1cccc2c1[nH]c1ccccc12. The van der Waals surface area contributed by atoms with Crippen LogP contribution in [0.2, 0.25) is 0 Å². The van der Waals surface area contributed by atoms with Crippen LogP contribution >= 0.6 is 22.6 Å². The summed E-state index contributed by atoms with van der Waals surface area (Å²) in [6.07, 6.45) is 2.38. The smallest absolute Gasteiger partial charge is 0.0497 e. The van der Waals surface area contributed by atoms with Gasteiger partial charge in [0, 0.05) is 25.7 Å². The molecular formula is C16H16IN. The normalized spacial score (nSPS) is 13.2. The van der Waals surface area contributed by atoms with Crippen LogP contribution in [0.3, 0.4) is 0 Å². The van der Waals surface area contributed by atoms with Crippen LogP contribution in [0.4, 0.5) is 0 Å². The first-order valence-electron chi connectivity index (χ1n) is 6.38. The van der Waals surface area contributed by atoms with Crippen molar-refractivity contribution in [1.29, 1.82) is 0 Å². The number of hydrogen-bond acceptors (Lipinski definition) is 0. The second-order valence-corrected chi connectivity index (χ2v) is 6.96. The molecule has 1 nitrogen and oxygen atoms in total. The summed E-state index contributed by atoms with van der Waals surface area (Å²) < 4.78 is 0.724. The van der Waals surface area contributed by atoms with Crippen LogP contribution in [0.5, 0.6) is 0 Å². The Bertz CT molecular complexity index is 682. The van der Waals surface area contributed by atoms with Crippen molar-refractivity contribution < 1.29 is 0 Å². The maximum atomic E-state index is 3.57. The van der Waals surface area contributed by atoms with Gasteiger partial charge in [0.1, 0.15) is 0 Å². The maximum Gasteiger partial charge on any atom is 0.0497 e. The van der Waals surface area contributed by atoms with Gasteiger partial charge in [0.25, 0.3) is 0 Å². The predicted molar refractivity (Wildman–Crippen MR) is 87.6 cm³/mol. The summed E-state index contributed by atoms with van der Waals surface area (Å²) in [4.78, 5) is 3.57. The van der Waals surface area contributed by atoms with E-state index in [0.717, 1.165) is 10.3 Å². The zero-order chi connectivity index (χ0) is 12.5. The molecule has 0 spiro atoms. The van der Waals surface area contributed by atoms with Crippen molar-refractivity contribution in [2.45, 2.75) is 23.7 Å². The van der Waals surface area contributed by atoms with Crippen molar-refractivity contribution in [3.63, 3.8) is 0 Å². The summed E-state index contributed by atoms with van der Waals surface area (Å²) in [5.41, 5.74) is 3.99. The Balaban J connectivity index is 2.15. The minimum absolute atomic E-state index is 0.724. The second kappa shape index (κ2) is 4.92. The van der Waals surface area contributed by atoms with E-state index in [9.17, 15) is 0 Å². The van der Waals surface area contributed by atoms with Crippen molar-refractivity contribution in [3.8, 4) is 0 Å². The molecular weight excluding hydrogens is 333 g/mol. The van der Waals surface area contributed by atoms with Gasteiger partial charge in [-0.15, -0.1) is 0 Å². The number of benzene rings is 2. The lowest BCUT2D eigenvalue weighted by molar-refractivity contribution is 0.837. The molecule has 0 aliphatic heterocycles. The monoisotopic (exact) mass is 349 g/mol. The van der Waals surface area contributed by atoms with Crippen LogP contribution in [0, 0.1) is 0 Å². The highest BCUT2D eigenvalue weighted by atomic mass is 127. The average Bonchev–Trinajstić information content (AvgIpc) is 2.75. The first-order chi connectivity index (χ1) is 8.75. The van der Waals surface area contributed by atoms with E-state index in [1.165, 1.54) is 33.8 Å². The lowest BCUT2D eigenvalue weighted by Crippen LogP contribution is -1.94. The van der Waals surface area contributed by atoms with E-state index in [4.69, 9.17) is 0 Å². The summed E-state index contributed by atoms with van der Waals surface area (Å²) in [5, 5.41) is 2.68. The Morgan fingerprint density at radius 3 is 2.67 bits per heavy atom. The van der Waals surface area contributed by atoms with Crippen molar-refractivity contribution in [2.75, 3.05) is 0 Å². The number of aromatic amines is 1. The van der Waals surface area contributed by atoms with Crippen molar-refractivity contribution in [2.24, 2.45) is 0 Å². The molecule has 1 atom stereocenters. The molecule has 0 saturated carbocycles. The zero-order valence-corrected chi connectivity index (χ0v) is 12.6. The third-order valence-corrected chi connectivity index (χ3v) is 4.06. The number of nitrogens with one attached hydrogen (secondary N) is 1. The van der Waals surface area contributed by atoms with E-state index in [-0.39, 0.29) is 0 Å². The van der Waals surface area contributed by atoms with E-state index in [1.54, 1.807) is 0 Å². The highest BCUT2D eigenvalue weighted by Crippen LogP contribution is 2.28. The Labute approximate surface area is 121 Å². The first-order valence-corrected chi connectivity index (χ1v) is 7.62. The van der Waals surface area contributed by atoms with Crippen molar-refractivity contribution in [3.05, 3.63) is 48.0 Å². The molecule has 0 aliphatic rings. The topological polar surface area (TPSA) is 15.8 Å². The molecule has 0 radical (unpaired) electrons. The van der Waals surface area contributed by atoms with Gasteiger partial charge in [-0.05, 0) is 24.5 Å². The Hall–Kier alpha value is -1.03. The first kappa shape index (κ1) is 12.0. The van der Waals surface area contributed by atoms with Crippen LogP contribution in [-0.4, -0.2) is 8.91 Å². The number of fused-ring (bicyclic) bond motifs is 3. The van der Waals surface area contributed by atoms with Crippen molar-refractivity contribution >= 4 is 44.4 Å².